The molecule has 33 heteroatoms. The van der Waals surface area contributed by atoms with Gasteiger partial charge in [-0.05, 0) is 156 Å². The smallest absolute Gasteiger partial charge is 0.416 e. The molecule has 6 atom stereocenters. The zero-order valence-corrected chi connectivity index (χ0v) is 74.6. The molecule has 7 aromatic rings. The SMILES string of the molecule is COc1ccc(C2=C[C@H]3C(O)N4C(=O)OCc5ccc(cc5)CC(=O)CNCCOCCCC(=O)CCC(=O)NCCOCCNCC(=O)Cc5ccc(cc5)COC(=O)N5c6cc(c(OC)cc6C(=O)N6CC(c7ccc(NC(=O)[C@H](C)NC(=O)[C@@H](CC(=O)c8ccc(N9C(=O)C=CC9=O)cc8)C(C)C)cc7)=C[C@H]6C5O)OCCCCCOc5cc4c(cc5C)C(=O)N3C2)cc1. The number of hydrogen-bond acceptors (Lipinski definition) is 25. The number of methoxy groups -OCH3 is 2. The Morgan fingerprint density at radius 3 is 1.56 bits per heavy atom. The van der Waals surface area contributed by atoms with Crippen LogP contribution in [0.4, 0.5) is 32.3 Å². The van der Waals surface area contributed by atoms with E-state index in [0.717, 1.165) is 43.6 Å². The van der Waals surface area contributed by atoms with Crippen molar-refractivity contribution >= 4 is 111 Å². The Hall–Kier alpha value is -13.6. The van der Waals surface area contributed by atoms with E-state index in [-0.39, 0.29) is 185 Å². The lowest BCUT2D eigenvalue weighted by molar-refractivity contribution is -0.130. The van der Waals surface area contributed by atoms with Crippen molar-refractivity contribution in [1.29, 1.82) is 0 Å². The normalized spacial score (nSPS) is 20.1. The van der Waals surface area contributed by atoms with Crippen LogP contribution in [-0.4, -0.2) is 227 Å². The van der Waals surface area contributed by atoms with Crippen LogP contribution in [-0.2, 0) is 83.4 Å². The van der Waals surface area contributed by atoms with E-state index in [1.165, 1.54) is 60.2 Å². The van der Waals surface area contributed by atoms with Gasteiger partial charge >= 0.3 is 12.2 Å². The van der Waals surface area contributed by atoms with Crippen molar-refractivity contribution in [2.24, 2.45) is 11.8 Å². The Morgan fingerprint density at radius 2 is 1.02 bits per heavy atom. The number of imide groups is 1. The molecular weight excluding hydrogens is 1700 g/mol. The standard InChI is InChI=1S/C99H110N10O23/c1-60(2)78(50-85(113)69-22-28-73(29-23-69)107-90(115)34-35-91(107)116)93(118)103-62(4)92(117)104-72-26-20-67(21-27-72)70-48-84-97(122)109-82-53-88(87(126-6)51-80(82)95(120)106(84)56-70)130-41-9-7-8-40-129-86-52-81-79(45-61(86)3)94(119)105-57-71(68-24-31-77(125-5)32-25-68)49-83(105)96(121)108(81)98(123)131-58-65-16-12-63(13-17-65)46-75(111)54-100-36-42-127-39-10-11-74(110)30-33-89(114)102-38-44-128-43-37-101-55-76(112)47-64-14-18-66(19-15-64)59-132-99(109)124/h12-29,31-32,34-35,45,48-49,51-53,60,62,78,83-84,96-97,100-101,121-122H,7-11,30,33,36-44,46-47,50,54-59H2,1-6H3,(H,102,114)(H,103,118)(H,104,117)/t62-,78-,83-,84-,96?,97?/m0/s1. The molecule has 2 unspecified atom stereocenters. The summed E-state index contributed by atoms with van der Waals surface area (Å²) in [6.45, 7) is 8.87. The Morgan fingerprint density at radius 1 is 0.515 bits per heavy atom. The molecule has 33 nitrogen and oxygen atoms in total. The Balaban J connectivity index is 0.688. The van der Waals surface area contributed by atoms with Gasteiger partial charge in [-0.15, -0.1) is 0 Å². The fourth-order valence-electron chi connectivity index (χ4n) is 16.2. The average Bonchev–Trinajstić information content (AvgIpc) is 1.60. The Kier molecular flexibility index (Phi) is 33.0. The number of hydrogen-bond donors (Lipinski definition) is 7. The third-order valence-electron chi connectivity index (χ3n) is 23.6. The molecule has 9 aliphatic heterocycles. The van der Waals surface area contributed by atoms with Gasteiger partial charge in [0.05, 0.1) is 101 Å². The van der Waals surface area contributed by atoms with E-state index < -0.39 is 84.1 Å². The molecule has 7 aromatic carbocycles. The topological polar surface area (TPSA) is 413 Å². The molecule has 0 spiro atoms. The van der Waals surface area contributed by atoms with E-state index in [1.807, 2.05) is 12.1 Å². The number of Topliss-reactive ketones (excluding diaryl/α,β-unsaturated/α-hetero) is 4. The third kappa shape index (κ3) is 24.3. The first-order valence-electron chi connectivity index (χ1n) is 44.2. The average molecular weight is 1810 g/mol. The van der Waals surface area contributed by atoms with Crippen LogP contribution in [0.25, 0.3) is 11.1 Å². The first-order chi connectivity index (χ1) is 63.7. The maximum absolute atomic E-state index is 15.2. The molecule has 0 radical (unpaired) electrons. The highest BCUT2D eigenvalue weighted by Crippen LogP contribution is 2.44. The van der Waals surface area contributed by atoms with Crippen molar-refractivity contribution in [3.05, 3.63) is 226 Å². The van der Waals surface area contributed by atoms with E-state index in [2.05, 4.69) is 26.6 Å². The molecule has 0 fully saturated rings. The molecule has 16 rings (SSSR count). The molecule has 694 valence electrons. The molecule has 132 heavy (non-hydrogen) atoms. The van der Waals surface area contributed by atoms with Gasteiger partial charge < -0.3 is 84.5 Å². The number of amides is 9. The van der Waals surface area contributed by atoms with Crippen LogP contribution in [0.5, 0.6) is 23.0 Å². The first kappa shape index (κ1) is 96.0. The van der Waals surface area contributed by atoms with Gasteiger partial charge in [-0.2, -0.15) is 0 Å². The number of ketones is 4. The molecule has 9 heterocycles. The molecular formula is C99H110N10O23. The predicted molar refractivity (Wildman–Crippen MR) is 487 cm³/mol. The largest absolute Gasteiger partial charge is 0.497 e. The molecule has 9 aliphatic rings. The zero-order chi connectivity index (χ0) is 93.6. The van der Waals surface area contributed by atoms with Crippen molar-refractivity contribution in [2.45, 2.75) is 136 Å². The summed E-state index contributed by atoms with van der Waals surface area (Å²) in [5.74, 6) is -3.95. The lowest BCUT2D eigenvalue weighted by Gasteiger charge is -2.31. The van der Waals surface area contributed by atoms with Crippen molar-refractivity contribution in [2.75, 3.05) is 120 Å². The summed E-state index contributed by atoms with van der Waals surface area (Å²) in [4.78, 5) is 182. The predicted octanol–water partition coefficient (Wildman–Crippen LogP) is 9.52. The minimum absolute atomic E-state index is 0.0268. The number of rotatable bonds is 13. The number of carbonyl (C=O) groups is 13. The summed E-state index contributed by atoms with van der Waals surface area (Å²) in [5.41, 5.74) is 6.82. The van der Waals surface area contributed by atoms with Crippen LogP contribution < -0.4 is 60.2 Å². The molecule has 8 bridgehead atoms. The molecule has 0 aromatic heterocycles. The highest BCUT2D eigenvalue weighted by atomic mass is 16.6. The van der Waals surface area contributed by atoms with Crippen molar-refractivity contribution in [3.8, 4) is 23.0 Å². The summed E-state index contributed by atoms with van der Waals surface area (Å²) in [7, 11) is 2.95. The molecule has 7 N–H and O–H groups in total. The molecule has 9 amide bonds. The number of nitrogens with one attached hydrogen (secondary N) is 5. The number of anilines is 4. The van der Waals surface area contributed by atoms with Gasteiger partial charge in [0.15, 0.2) is 41.3 Å². The van der Waals surface area contributed by atoms with Crippen LogP contribution in [0.3, 0.4) is 0 Å². The lowest BCUT2D eigenvalue weighted by atomic mass is 9.88. The fraction of sp³-hybridized carbons (Fsp3) is 0.384. The van der Waals surface area contributed by atoms with Crippen molar-refractivity contribution in [3.63, 3.8) is 0 Å². The zero-order valence-electron chi connectivity index (χ0n) is 74.6. The van der Waals surface area contributed by atoms with Crippen LogP contribution in [0, 0.1) is 18.8 Å². The van der Waals surface area contributed by atoms with Gasteiger partial charge in [-0.3, -0.25) is 52.7 Å². The van der Waals surface area contributed by atoms with E-state index in [4.69, 9.17) is 37.9 Å². The maximum atomic E-state index is 15.2. The fourth-order valence-corrected chi connectivity index (χ4v) is 16.2. The first-order valence-corrected chi connectivity index (χ1v) is 44.2. The van der Waals surface area contributed by atoms with E-state index in [9.17, 15) is 67.7 Å². The van der Waals surface area contributed by atoms with Crippen LogP contribution >= 0.6 is 0 Å². The van der Waals surface area contributed by atoms with E-state index >= 15 is 4.79 Å². The van der Waals surface area contributed by atoms with Gasteiger partial charge in [0, 0.05) is 119 Å². The van der Waals surface area contributed by atoms with Crippen molar-refractivity contribution in [1.82, 2.24) is 31.1 Å². The van der Waals surface area contributed by atoms with Gasteiger partial charge in [-0.25, -0.2) is 24.3 Å². The highest BCUT2D eigenvalue weighted by Gasteiger charge is 2.48. The summed E-state index contributed by atoms with van der Waals surface area (Å²) in [5, 5.41) is 39.6. The van der Waals surface area contributed by atoms with E-state index in [0.29, 0.717) is 108 Å². The number of aliphatic hydroxyl groups excluding tert-OH is 2. The van der Waals surface area contributed by atoms with Gasteiger partial charge in [0.2, 0.25) is 17.7 Å². The number of benzene rings is 7. The van der Waals surface area contributed by atoms with Gasteiger partial charge in [0.1, 0.15) is 36.5 Å². The number of carbonyl (C=O) groups excluding carboxylic acids is 13. The Bertz CT molecular complexity index is 5510. The minimum Gasteiger partial charge on any atom is -0.497 e. The summed E-state index contributed by atoms with van der Waals surface area (Å²) >= 11 is 0. The second kappa shape index (κ2) is 45.3. The monoisotopic (exact) mass is 1810 g/mol. The number of aryl methyl sites for hydroxylation is 1. The molecule has 0 saturated carbocycles. The molecule has 0 aliphatic carbocycles. The number of ether oxygens (including phenoxy) is 8. The number of fused-ring (bicyclic) bond motifs is 2. The number of nitrogens with zero attached hydrogens (tertiary/aromatic N) is 5. The van der Waals surface area contributed by atoms with Gasteiger partial charge in [-0.1, -0.05) is 98.8 Å². The summed E-state index contributed by atoms with van der Waals surface area (Å²) < 4.78 is 47.4. The second-order valence-electron chi connectivity index (χ2n) is 33.3. The highest BCUT2D eigenvalue weighted by molar-refractivity contribution is 6.28. The van der Waals surface area contributed by atoms with Crippen molar-refractivity contribution < 1.29 is 110 Å². The Labute approximate surface area is 764 Å². The summed E-state index contributed by atoms with van der Waals surface area (Å²) in [6, 6.07) is 36.6. The lowest BCUT2D eigenvalue weighted by Crippen LogP contribution is -2.50. The minimum atomic E-state index is -1.77. The molecule has 0 saturated heterocycles. The third-order valence-corrected chi connectivity index (χ3v) is 23.6. The van der Waals surface area contributed by atoms with Gasteiger partial charge in [0.25, 0.3) is 23.6 Å². The second-order valence-corrected chi connectivity index (χ2v) is 33.3. The maximum Gasteiger partial charge on any atom is 0.416 e. The summed E-state index contributed by atoms with van der Waals surface area (Å²) in [6.07, 6.45) is 2.66. The van der Waals surface area contributed by atoms with Crippen LogP contribution in [0.15, 0.2) is 170 Å². The van der Waals surface area contributed by atoms with E-state index in [1.54, 1.807) is 137 Å². The van der Waals surface area contributed by atoms with Crippen LogP contribution in [0.2, 0.25) is 0 Å². The number of aliphatic hydroxyl groups is 2. The quantitative estimate of drug-likeness (QED) is 0.0417. The van der Waals surface area contributed by atoms with Crippen LogP contribution in [0.1, 0.15) is 142 Å².